The van der Waals surface area contributed by atoms with Crippen molar-refractivity contribution >= 4 is 25.7 Å². The summed E-state index contributed by atoms with van der Waals surface area (Å²) in [6.45, 7) is 2.39. The van der Waals surface area contributed by atoms with Gasteiger partial charge in [-0.2, -0.15) is 0 Å². The van der Waals surface area contributed by atoms with Crippen LogP contribution in [0.15, 0.2) is 60.8 Å². The van der Waals surface area contributed by atoms with Crippen LogP contribution in [0.25, 0.3) is 0 Å². The summed E-state index contributed by atoms with van der Waals surface area (Å²) in [5.74, 6) is -2.71. The molecule has 0 heterocycles. The Morgan fingerprint density at radius 3 is 1.61 bits per heavy atom. The van der Waals surface area contributed by atoms with Crippen molar-refractivity contribution < 1.29 is 57.7 Å². The van der Waals surface area contributed by atoms with Gasteiger partial charge in [0.2, 0.25) is 0 Å². The van der Waals surface area contributed by atoms with E-state index in [9.17, 15) is 34.1 Å². The van der Waals surface area contributed by atoms with Gasteiger partial charge in [-0.25, -0.2) is 4.57 Å². The van der Waals surface area contributed by atoms with E-state index in [0.717, 1.165) is 51.4 Å². The molecule has 0 aromatic carbocycles. The number of carboxylic acids is 1. The maximum atomic E-state index is 12.7. The zero-order chi connectivity index (χ0) is 45.9. The molecule has 0 bridgehead atoms. The Bertz CT molecular complexity index is 1320. The smallest absolute Gasteiger partial charge is 0.472 e. The van der Waals surface area contributed by atoms with Crippen molar-refractivity contribution in [3.8, 4) is 0 Å². The van der Waals surface area contributed by atoms with Gasteiger partial charge in [0.1, 0.15) is 12.6 Å². The minimum Gasteiger partial charge on any atom is -0.480 e. The lowest BCUT2D eigenvalue weighted by Gasteiger charge is -2.20. The number of aliphatic carboxylic acids is 1. The number of carbonyl (C=O) groups excluding carboxylic acids is 2. The zero-order valence-electron chi connectivity index (χ0n) is 38.2. The van der Waals surface area contributed by atoms with Gasteiger partial charge < -0.3 is 35.4 Å². The quantitative estimate of drug-likeness (QED) is 0.0167. The first kappa shape index (κ1) is 59.1. The van der Waals surface area contributed by atoms with Crippen molar-refractivity contribution in [1.82, 2.24) is 0 Å². The number of ether oxygens (including phenoxy) is 2. The van der Waals surface area contributed by atoms with E-state index in [1.54, 1.807) is 6.08 Å². The summed E-state index contributed by atoms with van der Waals surface area (Å²) in [5.41, 5.74) is 5.32. The van der Waals surface area contributed by atoms with Crippen molar-refractivity contribution in [3.05, 3.63) is 60.8 Å². The number of hydrogen-bond acceptors (Lipinski definition) is 11. The number of phosphoric ester groups is 1. The monoisotopic (exact) mass is 898 g/mol. The van der Waals surface area contributed by atoms with Gasteiger partial charge >= 0.3 is 25.7 Å². The predicted octanol–water partition coefficient (Wildman–Crippen LogP) is 10.7. The summed E-state index contributed by atoms with van der Waals surface area (Å²) in [6.07, 6.45) is 41.7. The molecule has 13 nitrogen and oxygen atoms in total. The number of aliphatic hydroxyl groups is 2. The van der Waals surface area contributed by atoms with Gasteiger partial charge in [-0.1, -0.05) is 152 Å². The number of phosphoric acid groups is 1. The molecule has 0 amide bonds. The Morgan fingerprint density at radius 1 is 0.581 bits per heavy atom. The van der Waals surface area contributed by atoms with E-state index in [-0.39, 0.29) is 32.1 Å². The standard InChI is InChI=1S/C48H84NO12P/c1-3-5-7-9-11-13-15-17-18-19-20-21-22-23-25-27-29-31-33-37-46(52)58-39-42(40-59-62(56,57)60-41-43(49)48(54)55)61-47(53)38-34-36-45(51)44(50)35-32-30-28-26-24-16-14-12-10-8-6-4-2/h6,8,12,14,17-18,24,26,30,32,42-45,50-51H,3-5,7,9-11,13,15-16,19-23,25,27-29,31,33-41,49H2,1-2H3,(H,54,55)(H,56,57)/b8-6-,14-12-,18-17-,26-24-,32-30-/t42-,43+,44-,45-/m1/s1. The highest BCUT2D eigenvalue weighted by atomic mass is 31.2. The van der Waals surface area contributed by atoms with E-state index in [4.69, 9.17) is 24.8 Å². The van der Waals surface area contributed by atoms with Gasteiger partial charge in [0, 0.05) is 12.8 Å². The van der Waals surface area contributed by atoms with Crippen molar-refractivity contribution in [3.63, 3.8) is 0 Å². The molecular formula is C48H84NO12P. The first-order valence-electron chi connectivity index (χ1n) is 23.5. The SMILES string of the molecule is CC/C=C\C/C=C\C/C=C\C/C=C\C[C@@H](O)[C@H](O)CCCC(=O)O[C@H](COC(=O)CCCCCCCCCCC/C=C\CCCCCCCC)COP(=O)(O)OC[C@H](N)C(=O)O. The number of nitrogens with two attached hydrogens (primary N) is 1. The highest BCUT2D eigenvalue weighted by molar-refractivity contribution is 7.47. The van der Waals surface area contributed by atoms with Crippen molar-refractivity contribution in [2.75, 3.05) is 19.8 Å². The third-order valence-electron chi connectivity index (χ3n) is 9.95. The molecule has 0 aromatic rings. The van der Waals surface area contributed by atoms with Gasteiger partial charge in [0.15, 0.2) is 6.10 Å². The Labute approximate surface area is 373 Å². The number of rotatable bonds is 43. The molecule has 0 aliphatic rings. The normalized spacial score (nSPS) is 15.2. The molecule has 0 aliphatic heterocycles. The highest BCUT2D eigenvalue weighted by Crippen LogP contribution is 2.43. The fourth-order valence-corrected chi connectivity index (χ4v) is 6.93. The summed E-state index contributed by atoms with van der Waals surface area (Å²) < 4.78 is 32.6. The molecule has 6 N–H and O–H groups in total. The molecule has 0 saturated carbocycles. The van der Waals surface area contributed by atoms with Gasteiger partial charge in [-0.15, -0.1) is 0 Å². The van der Waals surface area contributed by atoms with Crippen LogP contribution in [0.5, 0.6) is 0 Å². The van der Waals surface area contributed by atoms with E-state index >= 15 is 0 Å². The lowest BCUT2D eigenvalue weighted by Crippen LogP contribution is -2.34. The number of hydrogen-bond donors (Lipinski definition) is 5. The number of carboxylic acid groups (broad SMARTS) is 1. The van der Waals surface area contributed by atoms with Crippen LogP contribution in [0.1, 0.15) is 181 Å². The third kappa shape index (κ3) is 39.9. The molecule has 14 heteroatoms. The number of allylic oxidation sites excluding steroid dienone is 9. The maximum absolute atomic E-state index is 12.7. The van der Waals surface area contributed by atoms with Gasteiger partial charge in [0.25, 0.3) is 0 Å². The second-order valence-electron chi connectivity index (χ2n) is 15.8. The second-order valence-corrected chi connectivity index (χ2v) is 17.3. The summed E-state index contributed by atoms with van der Waals surface area (Å²) in [6, 6.07) is -1.57. The first-order valence-corrected chi connectivity index (χ1v) is 25.0. The van der Waals surface area contributed by atoms with E-state index in [2.05, 4.69) is 60.9 Å². The molecule has 358 valence electrons. The van der Waals surface area contributed by atoms with Crippen LogP contribution >= 0.6 is 7.82 Å². The fourth-order valence-electron chi connectivity index (χ4n) is 6.15. The van der Waals surface area contributed by atoms with Crippen LogP contribution in [-0.4, -0.2) is 82.3 Å². The third-order valence-corrected chi connectivity index (χ3v) is 10.9. The molecule has 0 spiro atoms. The highest BCUT2D eigenvalue weighted by Gasteiger charge is 2.28. The molecular weight excluding hydrogens is 813 g/mol. The van der Waals surface area contributed by atoms with Gasteiger partial charge in [-0.05, 0) is 77.0 Å². The zero-order valence-corrected chi connectivity index (χ0v) is 39.1. The van der Waals surface area contributed by atoms with E-state index in [1.165, 1.54) is 70.6 Å². The van der Waals surface area contributed by atoms with Crippen molar-refractivity contribution in [2.24, 2.45) is 5.73 Å². The second kappa shape index (κ2) is 42.1. The molecule has 0 saturated heterocycles. The first-order chi connectivity index (χ1) is 29.9. The number of unbranched alkanes of at least 4 members (excludes halogenated alkanes) is 15. The van der Waals surface area contributed by atoms with Crippen LogP contribution in [0.3, 0.4) is 0 Å². The lowest BCUT2D eigenvalue weighted by atomic mass is 10.0. The van der Waals surface area contributed by atoms with Crippen molar-refractivity contribution in [1.29, 1.82) is 0 Å². The molecule has 1 unspecified atom stereocenters. The van der Waals surface area contributed by atoms with Gasteiger partial charge in [0.05, 0.1) is 25.4 Å². The molecule has 0 fully saturated rings. The van der Waals surface area contributed by atoms with Gasteiger partial charge in [-0.3, -0.25) is 23.4 Å². The summed E-state index contributed by atoms with van der Waals surface area (Å²) in [5, 5.41) is 29.6. The van der Waals surface area contributed by atoms with E-state index in [0.29, 0.717) is 12.8 Å². The van der Waals surface area contributed by atoms with Crippen molar-refractivity contribution in [2.45, 2.75) is 205 Å². The Morgan fingerprint density at radius 2 is 1.06 bits per heavy atom. The lowest BCUT2D eigenvalue weighted by molar-refractivity contribution is -0.161. The average molecular weight is 898 g/mol. The molecule has 0 aromatic heterocycles. The molecule has 0 aliphatic carbocycles. The Kier molecular flexibility index (Phi) is 40.1. The molecule has 0 radical (unpaired) electrons. The topological polar surface area (TPSA) is 212 Å². The largest absolute Gasteiger partial charge is 0.480 e. The van der Waals surface area contributed by atoms with Crippen LogP contribution in [0, 0.1) is 0 Å². The number of carbonyl (C=O) groups is 3. The van der Waals surface area contributed by atoms with E-state index in [1.807, 2.05) is 12.2 Å². The summed E-state index contributed by atoms with van der Waals surface area (Å²) in [7, 11) is -4.80. The summed E-state index contributed by atoms with van der Waals surface area (Å²) >= 11 is 0. The van der Waals surface area contributed by atoms with Crippen LogP contribution in [0.2, 0.25) is 0 Å². The number of esters is 2. The minimum absolute atomic E-state index is 0.112. The van der Waals surface area contributed by atoms with Crippen LogP contribution in [-0.2, 0) is 37.5 Å². The van der Waals surface area contributed by atoms with Crippen LogP contribution in [0.4, 0.5) is 0 Å². The Hall–Kier alpha value is -2.90. The minimum atomic E-state index is -4.80. The summed E-state index contributed by atoms with van der Waals surface area (Å²) in [4.78, 5) is 46.1. The average Bonchev–Trinajstić information content (AvgIpc) is 3.24. The van der Waals surface area contributed by atoms with Crippen LogP contribution < -0.4 is 5.73 Å². The predicted molar refractivity (Wildman–Crippen MR) is 247 cm³/mol. The maximum Gasteiger partial charge on any atom is 0.472 e. The van der Waals surface area contributed by atoms with E-state index < -0.39 is 69.9 Å². The number of aliphatic hydroxyl groups excluding tert-OH is 2. The fraction of sp³-hybridized carbons (Fsp3) is 0.729. The Balaban J connectivity index is 4.54. The molecule has 62 heavy (non-hydrogen) atoms. The molecule has 0 rings (SSSR count). The molecule has 5 atom stereocenters.